The number of anilines is 1. The van der Waals surface area contributed by atoms with Crippen molar-refractivity contribution in [3.05, 3.63) is 86.9 Å². The van der Waals surface area contributed by atoms with Crippen LogP contribution in [0.1, 0.15) is 40.4 Å². The molecule has 0 unspecified atom stereocenters. The molecule has 0 saturated carbocycles. The molecule has 13 heteroatoms. The van der Waals surface area contributed by atoms with E-state index in [4.69, 9.17) is 33.2 Å². The Morgan fingerprint density at radius 2 is 1.69 bits per heavy atom. The summed E-state index contributed by atoms with van der Waals surface area (Å²) < 4.78 is 32.2. The predicted octanol–water partition coefficient (Wildman–Crippen LogP) is 3.72. The predicted molar refractivity (Wildman–Crippen MR) is 151 cm³/mol. The summed E-state index contributed by atoms with van der Waals surface area (Å²) in [6, 6.07) is 14.4. The Balaban J connectivity index is 0.00000533. The molecule has 0 aliphatic carbocycles. The van der Waals surface area contributed by atoms with Gasteiger partial charge in [0, 0.05) is 27.7 Å². The Kier molecular flexibility index (Phi) is 11.8. The summed E-state index contributed by atoms with van der Waals surface area (Å²) in [5.74, 6) is -1.65. The van der Waals surface area contributed by atoms with Crippen LogP contribution in [0.5, 0.6) is 5.75 Å². The average molecular weight is 617 g/mol. The molecule has 0 spiro atoms. The first-order chi connectivity index (χ1) is 17.9. The van der Waals surface area contributed by atoms with E-state index >= 15 is 0 Å². The minimum absolute atomic E-state index is 0. The summed E-state index contributed by atoms with van der Waals surface area (Å²) in [4.78, 5) is 37.1. The second-order valence-corrected chi connectivity index (χ2v) is 10.6. The number of hydrogen-bond acceptors (Lipinski definition) is 7. The fourth-order valence-electron chi connectivity index (χ4n) is 3.30. The monoisotopic (exact) mass is 615 g/mol. The van der Waals surface area contributed by atoms with Crippen LogP contribution in [0.25, 0.3) is 0 Å². The third-order valence-electron chi connectivity index (χ3n) is 5.19. The number of carbonyl (C=O) groups is 3. The molecule has 0 bridgehead atoms. The van der Waals surface area contributed by atoms with Gasteiger partial charge in [0.25, 0.3) is 15.9 Å². The van der Waals surface area contributed by atoms with Crippen molar-refractivity contribution in [3.63, 3.8) is 0 Å². The maximum absolute atomic E-state index is 13.1. The Morgan fingerprint density at radius 1 is 0.974 bits per heavy atom. The molecule has 39 heavy (non-hydrogen) atoms. The number of hydrogen-bond donors (Lipinski definition) is 2. The van der Waals surface area contributed by atoms with E-state index in [-0.39, 0.29) is 81.5 Å². The molecule has 200 valence electrons. The van der Waals surface area contributed by atoms with Crippen LogP contribution in [-0.4, -0.2) is 70.4 Å². The number of ketones is 1. The summed E-state index contributed by atoms with van der Waals surface area (Å²) >= 11 is 12.1. The zero-order chi connectivity index (χ0) is 28.0. The molecule has 0 aromatic heterocycles. The molecule has 3 aromatic rings. The Hall–Kier alpha value is -2.65. The van der Waals surface area contributed by atoms with Crippen LogP contribution in [0.15, 0.2) is 59.5 Å². The Morgan fingerprint density at radius 3 is 2.33 bits per heavy atom. The summed E-state index contributed by atoms with van der Waals surface area (Å²) in [5.41, 5.74) is 1.17. The van der Waals surface area contributed by atoms with Crippen molar-refractivity contribution in [1.29, 1.82) is 5.26 Å². The molecule has 2 N–H and O–H groups in total. The number of amides is 2. The van der Waals surface area contributed by atoms with Crippen LogP contribution in [0.4, 0.5) is 5.69 Å². The Labute approximate surface area is 265 Å². The van der Waals surface area contributed by atoms with Crippen molar-refractivity contribution >= 4 is 94.2 Å². The fraction of sp³-hybridized carbons (Fsp3) is 0.154. The normalized spacial score (nSPS) is 10.5. The summed E-state index contributed by atoms with van der Waals surface area (Å²) in [6.07, 6.45) is 0.00723. The number of nitriles is 1. The van der Waals surface area contributed by atoms with E-state index in [1.807, 2.05) is 10.8 Å². The van der Waals surface area contributed by atoms with E-state index in [9.17, 15) is 22.8 Å². The SMILES string of the molecule is CCC(=O)NS(=O)(=O)c1ccc(NC(=O)COc2ccc(Cl)cc2C(=O)c2cc(Cl)cc(C#N)c2)c(C)c1.[CaH2]. The van der Waals surface area contributed by atoms with Crippen LogP contribution in [-0.2, 0) is 19.6 Å². The minimum atomic E-state index is -4.04. The van der Waals surface area contributed by atoms with Gasteiger partial charge in [0.15, 0.2) is 12.4 Å². The molecule has 0 atom stereocenters. The van der Waals surface area contributed by atoms with Crippen LogP contribution in [0.3, 0.4) is 0 Å². The van der Waals surface area contributed by atoms with E-state index in [1.165, 1.54) is 61.5 Å². The van der Waals surface area contributed by atoms with Crippen molar-refractivity contribution in [2.45, 2.75) is 25.2 Å². The first kappa shape index (κ1) is 32.6. The number of ether oxygens (including phenoxy) is 1. The molecule has 3 aromatic carbocycles. The molecule has 0 aliphatic heterocycles. The van der Waals surface area contributed by atoms with Gasteiger partial charge >= 0.3 is 37.7 Å². The van der Waals surface area contributed by atoms with Gasteiger partial charge in [0.2, 0.25) is 5.91 Å². The van der Waals surface area contributed by atoms with E-state index in [0.29, 0.717) is 11.3 Å². The van der Waals surface area contributed by atoms with E-state index in [1.54, 1.807) is 6.92 Å². The molecular weight excluding hydrogens is 593 g/mol. The van der Waals surface area contributed by atoms with Gasteiger partial charge in [-0.25, -0.2) is 13.1 Å². The number of aryl methyl sites for hydroxylation is 1. The standard InChI is InChI=1S/C26H21Cl2N3O6S.Ca.2H/c1-3-24(32)31-38(35,36)20-5-6-22(15(2)8-20)30-25(33)14-37-23-7-4-18(27)12-21(23)26(34)17-9-16(13-29)10-19(28)11-17;;;/h4-12H,3,14H2,1-2H3,(H,30,33)(H,31,32);;;. The third-order valence-corrected chi connectivity index (χ3v) is 7.01. The van der Waals surface area contributed by atoms with Crippen LogP contribution in [0.2, 0.25) is 10.0 Å². The van der Waals surface area contributed by atoms with Crippen LogP contribution in [0, 0.1) is 18.3 Å². The molecular formula is C26H23CaCl2N3O6S. The number of carbonyl (C=O) groups excluding carboxylic acids is 3. The topological polar surface area (TPSA) is 142 Å². The zero-order valence-corrected chi connectivity index (χ0v) is 22.5. The second kappa shape index (κ2) is 14.1. The molecule has 2 amide bonds. The quantitative estimate of drug-likeness (QED) is 0.276. The molecule has 0 radical (unpaired) electrons. The van der Waals surface area contributed by atoms with Gasteiger partial charge in [0.1, 0.15) is 5.75 Å². The van der Waals surface area contributed by atoms with Gasteiger partial charge in [-0.05, 0) is 67.1 Å². The number of benzene rings is 3. The van der Waals surface area contributed by atoms with Gasteiger partial charge in [-0.3, -0.25) is 14.4 Å². The van der Waals surface area contributed by atoms with Gasteiger partial charge in [0.05, 0.1) is 22.1 Å². The second-order valence-electron chi connectivity index (χ2n) is 8.01. The van der Waals surface area contributed by atoms with Gasteiger partial charge in [-0.2, -0.15) is 5.26 Å². The summed E-state index contributed by atoms with van der Waals surface area (Å²) in [7, 11) is -4.04. The number of nitrogens with one attached hydrogen (secondary N) is 2. The van der Waals surface area contributed by atoms with Crippen molar-refractivity contribution in [2.75, 3.05) is 11.9 Å². The summed E-state index contributed by atoms with van der Waals surface area (Å²) in [6.45, 7) is 2.64. The third kappa shape index (κ3) is 8.67. The number of sulfonamides is 1. The van der Waals surface area contributed by atoms with Crippen molar-refractivity contribution in [2.24, 2.45) is 0 Å². The molecule has 9 nitrogen and oxygen atoms in total. The first-order valence-electron chi connectivity index (χ1n) is 11.1. The van der Waals surface area contributed by atoms with Gasteiger partial charge in [-0.1, -0.05) is 30.1 Å². The van der Waals surface area contributed by atoms with Gasteiger partial charge in [-0.15, -0.1) is 0 Å². The fourth-order valence-corrected chi connectivity index (χ4v) is 4.85. The maximum atomic E-state index is 13.1. The van der Waals surface area contributed by atoms with Crippen molar-refractivity contribution in [3.8, 4) is 11.8 Å². The van der Waals surface area contributed by atoms with Crippen LogP contribution >= 0.6 is 23.2 Å². The molecule has 0 fully saturated rings. The van der Waals surface area contributed by atoms with Crippen LogP contribution < -0.4 is 14.8 Å². The number of rotatable bonds is 9. The van der Waals surface area contributed by atoms with Crippen molar-refractivity contribution < 1.29 is 27.5 Å². The van der Waals surface area contributed by atoms with E-state index < -0.39 is 34.2 Å². The Bertz CT molecular complexity index is 1590. The van der Waals surface area contributed by atoms with Crippen molar-refractivity contribution in [1.82, 2.24) is 4.72 Å². The number of nitrogens with zero attached hydrogens (tertiary/aromatic N) is 1. The molecule has 0 heterocycles. The average Bonchev–Trinajstić information content (AvgIpc) is 2.87. The zero-order valence-electron chi connectivity index (χ0n) is 20.2. The number of halogens is 2. The van der Waals surface area contributed by atoms with Gasteiger partial charge < -0.3 is 10.1 Å². The van der Waals surface area contributed by atoms with E-state index in [2.05, 4.69) is 5.32 Å². The first-order valence-corrected chi connectivity index (χ1v) is 13.3. The van der Waals surface area contributed by atoms with E-state index in [0.717, 1.165) is 0 Å². The molecule has 3 rings (SSSR count). The summed E-state index contributed by atoms with van der Waals surface area (Å²) in [5, 5.41) is 12.2. The molecule has 0 aliphatic rings. The molecule has 0 saturated heterocycles.